The summed E-state index contributed by atoms with van der Waals surface area (Å²) in [6.07, 6.45) is 6.34. The lowest BCUT2D eigenvalue weighted by atomic mass is 10.2. The molecule has 3 aromatic rings. The fourth-order valence-corrected chi connectivity index (χ4v) is 5.23. The van der Waals surface area contributed by atoms with Crippen LogP contribution in [-0.4, -0.2) is 23.2 Å². The highest BCUT2D eigenvalue weighted by Gasteiger charge is 2.23. The minimum Gasteiger partial charge on any atom is -0.260 e. The first-order valence-electron chi connectivity index (χ1n) is 10.0. The van der Waals surface area contributed by atoms with E-state index in [0.717, 1.165) is 35.4 Å². The Labute approximate surface area is 172 Å². The van der Waals surface area contributed by atoms with E-state index in [1.54, 1.807) is 12.3 Å². The molecule has 1 aromatic carbocycles. The third-order valence-electron chi connectivity index (χ3n) is 5.46. The Morgan fingerprint density at radius 3 is 2.62 bits per heavy atom. The van der Waals surface area contributed by atoms with E-state index >= 15 is 0 Å². The quantitative estimate of drug-likeness (QED) is 0.662. The molecule has 1 N–H and O–H groups in total. The van der Waals surface area contributed by atoms with Crippen LogP contribution in [0.5, 0.6) is 0 Å². The van der Waals surface area contributed by atoms with E-state index in [-0.39, 0.29) is 6.54 Å². The van der Waals surface area contributed by atoms with Gasteiger partial charge in [-0.2, -0.15) is 5.10 Å². The Morgan fingerprint density at radius 1 is 1.10 bits per heavy atom. The number of aryl methyl sites for hydroxylation is 2. The summed E-state index contributed by atoms with van der Waals surface area (Å²) in [5, 5.41) is 4.76. The van der Waals surface area contributed by atoms with Gasteiger partial charge in [0.15, 0.2) is 0 Å². The predicted octanol–water partition coefficient (Wildman–Crippen LogP) is 4.16. The van der Waals surface area contributed by atoms with E-state index in [4.69, 9.17) is 5.10 Å². The second kappa shape index (κ2) is 8.08. The minimum atomic E-state index is -3.61. The Kier molecular flexibility index (Phi) is 5.52. The first kappa shape index (κ1) is 19.8. The average Bonchev–Trinajstić information content (AvgIpc) is 3.38. The standard InChI is InChI=1S/C22H26N4O2S/c1-16-10-11-17(2)22(13-16)29(27,28)24-15-18-14-21(20-9-5-6-12-23-20)26(25-18)19-7-3-4-8-19/h5-6,9-14,19,24H,3-4,7-8,15H2,1-2H3. The molecule has 1 fully saturated rings. The third kappa shape index (κ3) is 4.26. The Bertz CT molecular complexity index is 1100. The molecule has 0 saturated heterocycles. The van der Waals surface area contributed by atoms with Crippen LogP contribution < -0.4 is 4.72 Å². The smallest absolute Gasteiger partial charge is 0.241 e. The highest BCUT2D eigenvalue weighted by Crippen LogP contribution is 2.33. The van der Waals surface area contributed by atoms with E-state index in [2.05, 4.69) is 9.71 Å². The molecule has 7 heteroatoms. The van der Waals surface area contributed by atoms with Crippen LogP contribution >= 0.6 is 0 Å². The molecular weight excluding hydrogens is 384 g/mol. The number of rotatable bonds is 6. The summed E-state index contributed by atoms with van der Waals surface area (Å²) in [6.45, 7) is 3.85. The molecule has 1 aliphatic carbocycles. The number of nitrogens with zero attached hydrogens (tertiary/aromatic N) is 3. The molecule has 0 spiro atoms. The maximum atomic E-state index is 12.8. The minimum absolute atomic E-state index is 0.148. The van der Waals surface area contributed by atoms with E-state index in [1.807, 2.05) is 54.9 Å². The molecular formula is C22H26N4O2S. The van der Waals surface area contributed by atoms with Crippen molar-refractivity contribution in [1.29, 1.82) is 0 Å². The molecule has 152 valence electrons. The summed E-state index contributed by atoms with van der Waals surface area (Å²) >= 11 is 0. The van der Waals surface area contributed by atoms with Crippen molar-refractivity contribution < 1.29 is 8.42 Å². The predicted molar refractivity (Wildman–Crippen MR) is 113 cm³/mol. The third-order valence-corrected chi connectivity index (χ3v) is 7.00. The first-order valence-corrected chi connectivity index (χ1v) is 11.5. The highest BCUT2D eigenvalue weighted by molar-refractivity contribution is 7.89. The zero-order chi connectivity index (χ0) is 20.4. The molecule has 1 saturated carbocycles. The topological polar surface area (TPSA) is 76.9 Å². The number of benzene rings is 1. The van der Waals surface area contributed by atoms with Gasteiger partial charge >= 0.3 is 0 Å². The van der Waals surface area contributed by atoms with Crippen LogP contribution in [0.25, 0.3) is 11.4 Å². The van der Waals surface area contributed by atoms with Crippen molar-refractivity contribution in [2.24, 2.45) is 0 Å². The number of sulfonamides is 1. The van der Waals surface area contributed by atoms with Crippen LogP contribution in [0.2, 0.25) is 0 Å². The van der Waals surface area contributed by atoms with Gasteiger partial charge in [0.1, 0.15) is 0 Å². The van der Waals surface area contributed by atoms with Crippen LogP contribution in [0.15, 0.2) is 53.6 Å². The lowest BCUT2D eigenvalue weighted by Crippen LogP contribution is -2.24. The van der Waals surface area contributed by atoms with Gasteiger partial charge in [-0.15, -0.1) is 0 Å². The van der Waals surface area contributed by atoms with E-state index in [1.165, 1.54) is 12.8 Å². The average molecular weight is 411 g/mol. The van der Waals surface area contributed by atoms with Crippen molar-refractivity contribution in [2.45, 2.75) is 57.0 Å². The summed E-state index contributed by atoms with van der Waals surface area (Å²) < 4.78 is 30.4. The van der Waals surface area contributed by atoms with Gasteiger partial charge in [0.2, 0.25) is 10.0 Å². The molecule has 2 aromatic heterocycles. The summed E-state index contributed by atoms with van der Waals surface area (Å²) in [5.74, 6) is 0. The molecule has 0 unspecified atom stereocenters. The van der Waals surface area contributed by atoms with E-state index in [9.17, 15) is 8.42 Å². The Balaban J connectivity index is 1.61. The zero-order valence-electron chi connectivity index (χ0n) is 16.8. The number of pyridine rings is 1. The van der Waals surface area contributed by atoms with Crippen molar-refractivity contribution >= 4 is 10.0 Å². The van der Waals surface area contributed by atoms with Crippen molar-refractivity contribution in [2.75, 3.05) is 0 Å². The highest BCUT2D eigenvalue weighted by atomic mass is 32.2. The molecule has 1 aliphatic rings. The van der Waals surface area contributed by atoms with Gasteiger partial charge in [-0.05, 0) is 62.1 Å². The lowest BCUT2D eigenvalue weighted by molar-refractivity contribution is 0.466. The van der Waals surface area contributed by atoms with Crippen molar-refractivity contribution in [3.05, 3.63) is 65.5 Å². The van der Waals surface area contributed by atoms with Crippen LogP contribution in [-0.2, 0) is 16.6 Å². The van der Waals surface area contributed by atoms with E-state index in [0.29, 0.717) is 16.6 Å². The molecule has 0 amide bonds. The van der Waals surface area contributed by atoms with Crippen LogP contribution in [0.4, 0.5) is 0 Å². The SMILES string of the molecule is Cc1ccc(C)c(S(=O)(=O)NCc2cc(-c3ccccn3)n(C3CCCC3)n2)c1. The largest absolute Gasteiger partial charge is 0.260 e. The number of nitrogens with one attached hydrogen (secondary N) is 1. The van der Waals surface area contributed by atoms with Crippen molar-refractivity contribution in [1.82, 2.24) is 19.5 Å². The Morgan fingerprint density at radius 2 is 1.90 bits per heavy atom. The summed E-state index contributed by atoms with van der Waals surface area (Å²) in [7, 11) is -3.61. The van der Waals surface area contributed by atoms with Gasteiger partial charge in [-0.3, -0.25) is 9.67 Å². The molecule has 4 rings (SSSR count). The van der Waals surface area contributed by atoms with Gasteiger partial charge in [0.25, 0.3) is 0 Å². The van der Waals surface area contributed by atoms with Gasteiger partial charge in [-0.1, -0.05) is 31.0 Å². The number of hydrogen-bond donors (Lipinski definition) is 1. The maximum absolute atomic E-state index is 12.8. The van der Waals surface area contributed by atoms with Gasteiger partial charge in [-0.25, -0.2) is 13.1 Å². The summed E-state index contributed by atoms with van der Waals surface area (Å²) in [6, 6.07) is 13.6. The maximum Gasteiger partial charge on any atom is 0.241 e. The molecule has 2 heterocycles. The molecule has 0 aliphatic heterocycles. The summed E-state index contributed by atoms with van der Waals surface area (Å²) in [4.78, 5) is 4.79. The lowest BCUT2D eigenvalue weighted by Gasteiger charge is -2.13. The Hall–Kier alpha value is -2.51. The molecule has 29 heavy (non-hydrogen) atoms. The van der Waals surface area contributed by atoms with Crippen molar-refractivity contribution in [3.63, 3.8) is 0 Å². The van der Waals surface area contributed by atoms with Crippen molar-refractivity contribution in [3.8, 4) is 11.4 Å². The molecule has 0 bridgehead atoms. The normalized spacial score (nSPS) is 15.1. The second-order valence-corrected chi connectivity index (χ2v) is 9.45. The molecule has 0 radical (unpaired) electrons. The summed E-state index contributed by atoms with van der Waals surface area (Å²) in [5.41, 5.74) is 4.15. The molecule has 6 nitrogen and oxygen atoms in total. The fourth-order valence-electron chi connectivity index (χ4n) is 3.91. The first-order chi connectivity index (χ1) is 13.9. The van der Waals surface area contributed by atoms with Crippen LogP contribution in [0.3, 0.4) is 0 Å². The number of aromatic nitrogens is 3. The van der Waals surface area contributed by atoms with E-state index < -0.39 is 10.0 Å². The van der Waals surface area contributed by atoms with Gasteiger partial charge in [0, 0.05) is 6.20 Å². The monoisotopic (exact) mass is 410 g/mol. The van der Waals surface area contributed by atoms with Crippen LogP contribution in [0.1, 0.15) is 48.5 Å². The van der Waals surface area contributed by atoms with Gasteiger partial charge < -0.3 is 0 Å². The van der Waals surface area contributed by atoms with Crippen LogP contribution in [0, 0.1) is 13.8 Å². The fraction of sp³-hybridized carbons (Fsp3) is 0.364. The van der Waals surface area contributed by atoms with Gasteiger partial charge in [0.05, 0.1) is 34.6 Å². The molecule has 0 atom stereocenters. The number of hydrogen-bond acceptors (Lipinski definition) is 4. The zero-order valence-corrected chi connectivity index (χ0v) is 17.6. The second-order valence-electron chi connectivity index (χ2n) is 7.71.